The summed E-state index contributed by atoms with van der Waals surface area (Å²) in [5.41, 5.74) is 3.39. The highest BCUT2D eigenvalue weighted by Crippen LogP contribution is 2.22. The van der Waals surface area contributed by atoms with Gasteiger partial charge in [0.05, 0.1) is 12.4 Å². The first kappa shape index (κ1) is 16.6. The third-order valence-electron chi connectivity index (χ3n) is 5.14. The molecule has 1 saturated heterocycles. The first-order chi connectivity index (χ1) is 12.8. The zero-order valence-corrected chi connectivity index (χ0v) is 14.8. The molecule has 1 amide bonds. The van der Waals surface area contributed by atoms with E-state index in [1.165, 1.54) is 5.56 Å². The van der Waals surface area contributed by atoms with E-state index in [9.17, 15) is 4.79 Å². The Bertz CT molecular complexity index is 838. The van der Waals surface area contributed by atoms with E-state index in [0.29, 0.717) is 12.5 Å². The number of nitrogens with one attached hydrogen (secondary N) is 1. The Balaban J connectivity index is 1.33. The maximum Gasteiger partial charge on any atom is 0.223 e. The molecule has 5 nitrogen and oxygen atoms in total. The summed E-state index contributed by atoms with van der Waals surface area (Å²) in [5, 5.41) is 0. The molecule has 134 valence electrons. The van der Waals surface area contributed by atoms with Gasteiger partial charge in [0, 0.05) is 43.3 Å². The predicted molar refractivity (Wildman–Crippen MR) is 102 cm³/mol. The summed E-state index contributed by atoms with van der Waals surface area (Å²) in [4.78, 5) is 22.2. The molecule has 0 unspecified atom stereocenters. The molecule has 0 bridgehead atoms. The molecular formula is C21H24N4O. The molecule has 1 aromatic carbocycles. The molecule has 1 aliphatic rings. The Kier molecular flexibility index (Phi) is 4.86. The van der Waals surface area contributed by atoms with Crippen molar-refractivity contribution >= 4 is 5.91 Å². The third-order valence-corrected chi connectivity index (χ3v) is 5.14. The summed E-state index contributed by atoms with van der Waals surface area (Å²) < 4.78 is 2.12. The van der Waals surface area contributed by atoms with Crippen molar-refractivity contribution in [3.63, 3.8) is 0 Å². The van der Waals surface area contributed by atoms with Gasteiger partial charge in [-0.1, -0.05) is 30.3 Å². The number of H-pyrrole nitrogens is 1. The van der Waals surface area contributed by atoms with Gasteiger partial charge in [0.2, 0.25) is 5.91 Å². The number of likely N-dealkylation sites (tertiary alicyclic amines) is 1. The van der Waals surface area contributed by atoms with E-state index in [2.05, 4.69) is 38.8 Å². The highest BCUT2D eigenvalue weighted by molar-refractivity contribution is 5.76. The number of carbonyl (C=O) groups is 1. The minimum Gasteiger partial charge on any atom is -0.358 e. The second-order valence-electron chi connectivity index (χ2n) is 6.91. The van der Waals surface area contributed by atoms with Gasteiger partial charge in [0.25, 0.3) is 0 Å². The van der Waals surface area contributed by atoms with Crippen LogP contribution in [0.5, 0.6) is 0 Å². The Morgan fingerprint density at radius 1 is 1.19 bits per heavy atom. The number of hydrogen-bond donors (Lipinski definition) is 1. The van der Waals surface area contributed by atoms with Gasteiger partial charge in [-0.15, -0.1) is 0 Å². The van der Waals surface area contributed by atoms with Crippen LogP contribution in [0.2, 0.25) is 0 Å². The molecule has 3 heterocycles. The topological polar surface area (TPSA) is 53.9 Å². The molecule has 4 rings (SSSR count). The number of aryl methyl sites for hydroxylation is 1. The van der Waals surface area contributed by atoms with Gasteiger partial charge in [-0.2, -0.15) is 0 Å². The van der Waals surface area contributed by atoms with Crippen LogP contribution in [-0.4, -0.2) is 38.4 Å². The largest absolute Gasteiger partial charge is 0.358 e. The van der Waals surface area contributed by atoms with E-state index < -0.39 is 0 Å². The number of aromatic nitrogens is 3. The van der Waals surface area contributed by atoms with Crippen LogP contribution < -0.4 is 0 Å². The van der Waals surface area contributed by atoms with Crippen molar-refractivity contribution in [2.45, 2.75) is 31.7 Å². The van der Waals surface area contributed by atoms with Gasteiger partial charge < -0.3 is 14.5 Å². The Morgan fingerprint density at radius 3 is 2.88 bits per heavy atom. The van der Waals surface area contributed by atoms with E-state index in [0.717, 1.165) is 43.7 Å². The van der Waals surface area contributed by atoms with Crippen LogP contribution in [0, 0.1) is 0 Å². The number of amides is 1. The standard InChI is InChI=1S/C21H24N4O/c26-21(24-13-4-7-19(15-24)25-14-12-22-16-25)11-9-18-8-10-20(23-18)17-5-2-1-3-6-17/h1-3,5-6,8,10,12,14,16,19,23H,4,7,9,11,13,15H2/t19-/m0/s1. The lowest BCUT2D eigenvalue weighted by molar-refractivity contribution is -0.132. The number of benzene rings is 1. The Hall–Kier alpha value is -2.82. The van der Waals surface area contributed by atoms with Gasteiger partial charge in [0.15, 0.2) is 0 Å². The molecule has 0 radical (unpaired) electrons. The summed E-state index contributed by atoms with van der Waals surface area (Å²) in [7, 11) is 0. The van der Waals surface area contributed by atoms with Gasteiger partial charge in [-0.3, -0.25) is 4.79 Å². The molecule has 0 aliphatic carbocycles. The van der Waals surface area contributed by atoms with Crippen LogP contribution in [0.3, 0.4) is 0 Å². The summed E-state index contributed by atoms with van der Waals surface area (Å²) in [6.45, 7) is 1.65. The SMILES string of the molecule is O=C(CCc1ccc(-c2ccccc2)[nH]1)N1CCC[C@H](n2ccnc2)C1. The zero-order valence-electron chi connectivity index (χ0n) is 14.8. The number of imidazole rings is 1. The van der Waals surface area contributed by atoms with E-state index in [1.807, 2.05) is 35.6 Å². The van der Waals surface area contributed by atoms with Crippen LogP contribution >= 0.6 is 0 Å². The van der Waals surface area contributed by atoms with Gasteiger partial charge in [-0.05, 0) is 37.0 Å². The zero-order chi connectivity index (χ0) is 17.8. The quantitative estimate of drug-likeness (QED) is 0.765. The number of nitrogens with zero attached hydrogens (tertiary/aromatic N) is 3. The highest BCUT2D eigenvalue weighted by atomic mass is 16.2. The predicted octanol–water partition coefficient (Wildman–Crippen LogP) is 3.67. The fourth-order valence-electron chi connectivity index (χ4n) is 3.68. The fraction of sp³-hybridized carbons (Fsp3) is 0.333. The van der Waals surface area contributed by atoms with Crippen LogP contribution in [0.4, 0.5) is 0 Å². The van der Waals surface area contributed by atoms with Gasteiger partial charge >= 0.3 is 0 Å². The molecular weight excluding hydrogens is 324 g/mol. The van der Waals surface area contributed by atoms with Crippen molar-refractivity contribution in [2.75, 3.05) is 13.1 Å². The number of rotatable bonds is 5. The van der Waals surface area contributed by atoms with E-state index in [1.54, 1.807) is 6.20 Å². The summed E-state index contributed by atoms with van der Waals surface area (Å²) >= 11 is 0. The molecule has 1 aliphatic heterocycles. The number of hydrogen-bond acceptors (Lipinski definition) is 2. The van der Waals surface area contributed by atoms with E-state index in [4.69, 9.17) is 0 Å². The van der Waals surface area contributed by atoms with Crippen molar-refractivity contribution in [3.8, 4) is 11.3 Å². The lowest BCUT2D eigenvalue weighted by atomic mass is 10.0. The van der Waals surface area contributed by atoms with Crippen LogP contribution in [0.1, 0.15) is 31.0 Å². The van der Waals surface area contributed by atoms with Crippen LogP contribution in [-0.2, 0) is 11.2 Å². The van der Waals surface area contributed by atoms with Crippen LogP contribution in [0.15, 0.2) is 61.2 Å². The average Bonchev–Trinajstić information content (AvgIpc) is 3.39. The summed E-state index contributed by atoms with van der Waals surface area (Å²) in [6, 6.07) is 14.8. The molecule has 1 fully saturated rings. The average molecular weight is 348 g/mol. The minimum absolute atomic E-state index is 0.241. The maximum atomic E-state index is 12.7. The first-order valence-electron chi connectivity index (χ1n) is 9.28. The lowest BCUT2D eigenvalue weighted by Crippen LogP contribution is -2.40. The lowest BCUT2D eigenvalue weighted by Gasteiger charge is -2.33. The van der Waals surface area contributed by atoms with Crippen molar-refractivity contribution in [2.24, 2.45) is 0 Å². The molecule has 5 heteroatoms. The monoisotopic (exact) mass is 348 g/mol. The maximum absolute atomic E-state index is 12.7. The smallest absolute Gasteiger partial charge is 0.223 e. The van der Waals surface area contributed by atoms with Crippen molar-refractivity contribution in [3.05, 3.63) is 66.9 Å². The molecule has 0 saturated carbocycles. The van der Waals surface area contributed by atoms with Crippen molar-refractivity contribution in [1.82, 2.24) is 19.4 Å². The molecule has 2 aromatic heterocycles. The van der Waals surface area contributed by atoms with E-state index >= 15 is 0 Å². The fourth-order valence-corrected chi connectivity index (χ4v) is 3.68. The number of piperidine rings is 1. The molecule has 3 aromatic rings. The number of carbonyl (C=O) groups excluding carboxylic acids is 1. The van der Waals surface area contributed by atoms with Crippen molar-refractivity contribution < 1.29 is 4.79 Å². The van der Waals surface area contributed by atoms with Crippen molar-refractivity contribution in [1.29, 1.82) is 0 Å². The highest BCUT2D eigenvalue weighted by Gasteiger charge is 2.24. The molecule has 1 atom stereocenters. The second kappa shape index (κ2) is 7.60. The molecule has 26 heavy (non-hydrogen) atoms. The Morgan fingerprint density at radius 2 is 2.08 bits per heavy atom. The Labute approximate surface area is 153 Å². The second-order valence-corrected chi connectivity index (χ2v) is 6.91. The summed E-state index contributed by atoms with van der Waals surface area (Å²) in [6.07, 6.45) is 9.09. The third kappa shape index (κ3) is 3.72. The normalized spacial score (nSPS) is 17.4. The van der Waals surface area contributed by atoms with E-state index in [-0.39, 0.29) is 5.91 Å². The molecule has 1 N–H and O–H groups in total. The number of aromatic amines is 1. The van der Waals surface area contributed by atoms with Gasteiger partial charge in [0.1, 0.15) is 0 Å². The summed E-state index contributed by atoms with van der Waals surface area (Å²) in [5.74, 6) is 0.241. The molecule has 0 spiro atoms. The van der Waals surface area contributed by atoms with Crippen LogP contribution in [0.25, 0.3) is 11.3 Å². The first-order valence-corrected chi connectivity index (χ1v) is 9.28. The van der Waals surface area contributed by atoms with Gasteiger partial charge in [-0.25, -0.2) is 4.98 Å². The minimum atomic E-state index is 0.241.